The first-order chi connectivity index (χ1) is 10.5. The van der Waals surface area contributed by atoms with Gasteiger partial charge in [-0.25, -0.2) is 4.98 Å². The molecule has 1 saturated carbocycles. The quantitative estimate of drug-likeness (QED) is 0.768. The van der Waals surface area contributed by atoms with Crippen LogP contribution in [-0.4, -0.2) is 16.9 Å². The lowest BCUT2D eigenvalue weighted by Gasteiger charge is -2.09. The van der Waals surface area contributed by atoms with E-state index in [9.17, 15) is 4.79 Å². The molecule has 0 saturated heterocycles. The number of rotatable bonds is 3. The van der Waals surface area contributed by atoms with E-state index in [-0.39, 0.29) is 32.0 Å². The van der Waals surface area contributed by atoms with Gasteiger partial charge < -0.3 is 5.32 Å². The number of pyridine rings is 1. The average molecular weight is 376 g/mol. The van der Waals surface area contributed by atoms with Gasteiger partial charge in [0, 0.05) is 12.0 Å². The molecule has 3 rings (SSSR count). The fourth-order valence-electron chi connectivity index (χ4n) is 2.30. The predicted octanol–water partition coefficient (Wildman–Crippen LogP) is 4.98. The predicted molar refractivity (Wildman–Crippen MR) is 89.3 cm³/mol. The van der Waals surface area contributed by atoms with Gasteiger partial charge in [-0.05, 0) is 12.0 Å². The normalized spacial score (nSPS) is 19.8. The lowest BCUT2D eigenvalue weighted by Crippen LogP contribution is -2.28. The van der Waals surface area contributed by atoms with Crippen molar-refractivity contribution in [3.63, 3.8) is 0 Å². The molecule has 1 fully saturated rings. The minimum absolute atomic E-state index is 0.00507. The van der Waals surface area contributed by atoms with Crippen molar-refractivity contribution >= 4 is 52.3 Å². The Morgan fingerprint density at radius 3 is 2.41 bits per heavy atom. The van der Waals surface area contributed by atoms with Crippen LogP contribution < -0.4 is 5.32 Å². The van der Waals surface area contributed by atoms with Crippen molar-refractivity contribution in [2.24, 2.45) is 0 Å². The van der Waals surface area contributed by atoms with Crippen molar-refractivity contribution in [1.29, 1.82) is 0 Å². The SMILES string of the molecule is O=C(NC1CC1c1ccccc1)c1nc(Cl)c(Cl)c(Cl)c1Cl. The maximum absolute atomic E-state index is 12.3. The number of hydrogen-bond donors (Lipinski definition) is 1. The minimum atomic E-state index is -0.408. The molecule has 0 radical (unpaired) electrons. The molecule has 2 aromatic rings. The maximum atomic E-state index is 12.3. The minimum Gasteiger partial charge on any atom is -0.347 e. The molecule has 1 heterocycles. The molecule has 0 aliphatic heterocycles. The number of hydrogen-bond acceptors (Lipinski definition) is 2. The third kappa shape index (κ3) is 3.04. The fraction of sp³-hybridized carbons (Fsp3) is 0.200. The summed E-state index contributed by atoms with van der Waals surface area (Å²) in [5.41, 5.74) is 1.18. The number of nitrogens with zero attached hydrogens (tertiary/aromatic N) is 1. The molecule has 7 heteroatoms. The largest absolute Gasteiger partial charge is 0.347 e. The number of carbonyl (C=O) groups excluding carboxylic acids is 1. The van der Waals surface area contributed by atoms with Crippen molar-refractivity contribution < 1.29 is 4.79 Å². The zero-order valence-corrected chi connectivity index (χ0v) is 14.1. The highest BCUT2D eigenvalue weighted by Crippen LogP contribution is 2.41. The van der Waals surface area contributed by atoms with Gasteiger partial charge in [-0.1, -0.05) is 76.7 Å². The van der Waals surface area contributed by atoms with E-state index in [1.807, 2.05) is 30.3 Å². The zero-order valence-electron chi connectivity index (χ0n) is 11.1. The fourth-order valence-corrected chi connectivity index (χ4v) is 3.11. The van der Waals surface area contributed by atoms with Crippen molar-refractivity contribution in [3.8, 4) is 0 Å². The molecule has 1 aromatic carbocycles. The van der Waals surface area contributed by atoms with E-state index in [4.69, 9.17) is 46.4 Å². The Bertz CT molecular complexity index is 736. The Kier molecular flexibility index (Phi) is 4.51. The van der Waals surface area contributed by atoms with Crippen LogP contribution in [0.1, 0.15) is 28.4 Å². The van der Waals surface area contributed by atoms with Crippen molar-refractivity contribution in [2.75, 3.05) is 0 Å². The second-order valence-electron chi connectivity index (χ2n) is 5.03. The third-order valence-electron chi connectivity index (χ3n) is 3.53. The molecule has 1 amide bonds. The second-order valence-corrected chi connectivity index (χ2v) is 6.52. The molecule has 0 spiro atoms. The number of aromatic nitrogens is 1. The molecule has 1 aliphatic carbocycles. The summed E-state index contributed by atoms with van der Waals surface area (Å²) in [6.07, 6.45) is 0.877. The Hall–Kier alpha value is -1.000. The Morgan fingerprint density at radius 2 is 1.73 bits per heavy atom. The molecule has 2 atom stereocenters. The number of benzene rings is 1. The van der Waals surface area contributed by atoms with Gasteiger partial charge in [0.2, 0.25) is 0 Å². The average Bonchev–Trinajstić information content (AvgIpc) is 3.28. The van der Waals surface area contributed by atoms with E-state index in [1.54, 1.807) is 0 Å². The molecule has 114 valence electrons. The highest BCUT2D eigenvalue weighted by molar-refractivity contribution is 6.52. The number of nitrogens with one attached hydrogen (secondary N) is 1. The van der Waals surface area contributed by atoms with Crippen LogP contribution in [0.15, 0.2) is 30.3 Å². The molecule has 1 aromatic heterocycles. The highest BCUT2D eigenvalue weighted by Gasteiger charge is 2.40. The lowest BCUT2D eigenvalue weighted by molar-refractivity contribution is 0.0945. The van der Waals surface area contributed by atoms with Gasteiger partial charge in [-0.15, -0.1) is 0 Å². The van der Waals surface area contributed by atoms with Crippen molar-refractivity contribution in [2.45, 2.75) is 18.4 Å². The smallest absolute Gasteiger partial charge is 0.271 e. The van der Waals surface area contributed by atoms with E-state index < -0.39 is 5.91 Å². The van der Waals surface area contributed by atoms with E-state index >= 15 is 0 Å². The van der Waals surface area contributed by atoms with Gasteiger partial charge in [-0.2, -0.15) is 0 Å². The van der Waals surface area contributed by atoms with Gasteiger partial charge in [-0.3, -0.25) is 4.79 Å². The van der Waals surface area contributed by atoms with Crippen LogP contribution >= 0.6 is 46.4 Å². The summed E-state index contributed by atoms with van der Waals surface area (Å²) in [4.78, 5) is 16.2. The number of halogens is 4. The van der Waals surface area contributed by atoms with Gasteiger partial charge in [0.25, 0.3) is 5.91 Å². The van der Waals surface area contributed by atoms with Crippen LogP contribution in [0.3, 0.4) is 0 Å². The van der Waals surface area contributed by atoms with Crippen molar-refractivity contribution in [1.82, 2.24) is 10.3 Å². The Labute approximate surface area is 147 Å². The summed E-state index contributed by atoms with van der Waals surface area (Å²) in [6.45, 7) is 0. The first-order valence-electron chi connectivity index (χ1n) is 6.55. The Balaban J connectivity index is 1.75. The van der Waals surface area contributed by atoms with E-state index in [1.165, 1.54) is 5.56 Å². The summed E-state index contributed by atoms with van der Waals surface area (Å²) in [6, 6.07) is 10.0. The Morgan fingerprint density at radius 1 is 1.05 bits per heavy atom. The number of amides is 1. The first-order valence-corrected chi connectivity index (χ1v) is 8.06. The van der Waals surface area contributed by atoms with Crippen LogP contribution in [0, 0.1) is 0 Å². The van der Waals surface area contributed by atoms with Gasteiger partial charge >= 0.3 is 0 Å². The summed E-state index contributed by atoms with van der Waals surface area (Å²) in [7, 11) is 0. The molecular formula is C15H10Cl4N2O. The van der Waals surface area contributed by atoms with Crippen molar-refractivity contribution in [3.05, 3.63) is 61.8 Å². The molecule has 22 heavy (non-hydrogen) atoms. The molecular weight excluding hydrogens is 366 g/mol. The molecule has 1 N–H and O–H groups in total. The van der Waals surface area contributed by atoms with Crippen LogP contribution in [0.25, 0.3) is 0 Å². The molecule has 1 aliphatic rings. The summed E-state index contributed by atoms with van der Waals surface area (Å²) >= 11 is 23.6. The zero-order chi connectivity index (χ0) is 15.9. The van der Waals surface area contributed by atoms with E-state index in [2.05, 4.69) is 10.3 Å². The topological polar surface area (TPSA) is 42.0 Å². The van der Waals surface area contributed by atoms with Crippen LogP contribution in [0.2, 0.25) is 20.2 Å². The van der Waals surface area contributed by atoms with Crippen LogP contribution in [0.5, 0.6) is 0 Å². The van der Waals surface area contributed by atoms with Gasteiger partial charge in [0.15, 0.2) is 0 Å². The van der Waals surface area contributed by atoms with Crippen LogP contribution in [-0.2, 0) is 0 Å². The molecule has 2 unspecified atom stereocenters. The summed E-state index contributed by atoms with van der Waals surface area (Å²) < 4.78 is 0. The monoisotopic (exact) mass is 374 g/mol. The van der Waals surface area contributed by atoms with E-state index in [0.29, 0.717) is 5.92 Å². The standard InChI is InChI=1S/C15H10Cl4N2O/c16-10-11(17)13(21-14(19)12(10)18)15(22)20-9-6-8(9)7-4-2-1-3-5-7/h1-5,8-9H,6H2,(H,20,22). The summed E-state index contributed by atoms with van der Waals surface area (Å²) in [5.74, 6) is -0.101. The van der Waals surface area contributed by atoms with Gasteiger partial charge in [0.1, 0.15) is 10.8 Å². The second kappa shape index (κ2) is 6.25. The number of carbonyl (C=O) groups is 1. The molecule has 0 bridgehead atoms. The van der Waals surface area contributed by atoms with E-state index in [0.717, 1.165) is 6.42 Å². The summed E-state index contributed by atoms with van der Waals surface area (Å²) in [5, 5.41) is 2.92. The third-order valence-corrected chi connectivity index (χ3v) is 5.21. The lowest BCUT2D eigenvalue weighted by atomic mass is 10.1. The molecule has 3 nitrogen and oxygen atoms in total. The first kappa shape index (κ1) is 15.9. The highest BCUT2D eigenvalue weighted by atomic mass is 35.5. The van der Waals surface area contributed by atoms with Gasteiger partial charge in [0.05, 0.1) is 15.1 Å². The maximum Gasteiger partial charge on any atom is 0.271 e. The van der Waals surface area contributed by atoms with Crippen LogP contribution in [0.4, 0.5) is 0 Å².